The normalized spacial score (nSPS) is 11.5. The second kappa shape index (κ2) is 14.1. The van der Waals surface area contributed by atoms with Crippen LogP contribution in [0.1, 0.15) is 49.6 Å². The molecule has 0 aliphatic heterocycles. The zero-order valence-corrected chi connectivity index (χ0v) is 25.4. The number of hydrogen-bond donors (Lipinski definition) is 6. The number of fused-ring (bicyclic) bond motifs is 1. The SMILES string of the molecule is CN(C)c1ccc(C(=O)O)c(C(=O)NCCC[C@H](NC(=O)c2ccc(N(C)Cc3cnc4nc(N)nc(N)c4n3)cc2)C(=O)O)c1. The first-order valence-electron chi connectivity index (χ1n) is 14.1. The van der Waals surface area contributed by atoms with Crippen LogP contribution in [0.25, 0.3) is 11.2 Å². The van der Waals surface area contributed by atoms with Gasteiger partial charge in [-0.15, -0.1) is 0 Å². The van der Waals surface area contributed by atoms with Crippen molar-refractivity contribution in [2.45, 2.75) is 25.4 Å². The number of aliphatic carboxylic acids is 1. The van der Waals surface area contributed by atoms with Gasteiger partial charge < -0.3 is 42.1 Å². The van der Waals surface area contributed by atoms with E-state index in [9.17, 15) is 29.4 Å². The third-order valence-corrected chi connectivity index (χ3v) is 7.02. The number of rotatable bonds is 13. The van der Waals surface area contributed by atoms with E-state index in [-0.39, 0.29) is 53.5 Å². The summed E-state index contributed by atoms with van der Waals surface area (Å²) in [7, 11) is 5.35. The molecule has 0 aliphatic carbocycles. The van der Waals surface area contributed by atoms with Gasteiger partial charge in [-0.1, -0.05) is 0 Å². The maximum absolute atomic E-state index is 12.9. The Morgan fingerprint density at radius 1 is 0.891 bits per heavy atom. The summed E-state index contributed by atoms with van der Waals surface area (Å²) in [5.41, 5.74) is 14.2. The van der Waals surface area contributed by atoms with E-state index in [2.05, 4.69) is 30.6 Å². The average molecular weight is 631 g/mol. The van der Waals surface area contributed by atoms with E-state index in [0.29, 0.717) is 23.4 Å². The molecule has 4 aromatic rings. The highest BCUT2D eigenvalue weighted by Gasteiger charge is 2.22. The highest BCUT2D eigenvalue weighted by atomic mass is 16.4. The van der Waals surface area contributed by atoms with E-state index >= 15 is 0 Å². The van der Waals surface area contributed by atoms with Crippen LogP contribution in [-0.4, -0.2) is 87.6 Å². The fourth-order valence-electron chi connectivity index (χ4n) is 4.55. The summed E-state index contributed by atoms with van der Waals surface area (Å²) in [4.78, 5) is 69.3. The molecule has 2 amide bonds. The molecule has 46 heavy (non-hydrogen) atoms. The van der Waals surface area contributed by atoms with Gasteiger partial charge in [0.25, 0.3) is 11.8 Å². The fraction of sp³-hybridized carbons (Fsp3) is 0.267. The minimum Gasteiger partial charge on any atom is -0.480 e. The lowest BCUT2D eigenvalue weighted by molar-refractivity contribution is -0.139. The standard InChI is InChI=1S/C30H34N10O6/c1-39(2)19-10-11-20(28(43)44)21(13-19)27(42)33-12-4-5-22(29(45)46)36-26(41)16-6-8-18(9-7-16)40(3)15-17-14-34-25-23(35-17)24(31)37-30(32)38-25/h6-11,13-14,22H,4-5,12,15H2,1-3H3,(H,33,42)(H,36,41)(H,43,44)(H,45,46)(H4,31,32,34,37,38)/t22-/m0/s1. The molecule has 2 heterocycles. The minimum absolute atomic E-state index is 0.00632. The van der Waals surface area contributed by atoms with Gasteiger partial charge >= 0.3 is 11.9 Å². The fourth-order valence-corrected chi connectivity index (χ4v) is 4.55. The van der Waals surface area contributed by atoms with E-state index in [1.54, 1.807) is 55.5 Å². The molecule has 240 valence electrons. The molecule has 16 nitrogen and oxygen atoms in total. The smallest absolute Gasteiger partial charge is 0.336 e. The molecule has 0 saturated heterocycles. The van der Waals surface area contributed by atoms with Crippen molar-refractivity contribution in [3.8, 4) is 0 Å². The van der Waals surface area contributed by atoms with E-state index in [1.807, 2.05) is 11.9 Å². The van der Waals surface area contributed by atoms with E-state index in [0.717, 1.165) is 5.69 Å². The largest absolute Gasteiger partial charge is 0.480 e. The third-order valence-electron chi connectivity index (χ3n) is 7.02. The molecule has 1 atom stereocenters. The van der Waals surface area contributed by atoms with Gasteiger partial charge in [0.15, 0.2) is 17.0 Å². The molecule has 0 fully saturated rings. The van der Waals surface area contributed by atoms with Crippen LogP contribution in [0.4, 0.5) is 23.1 Å². The topological polar surface area (TPSA) is 243 Å². The average Bonchev–Trinajstić information content (AvgIpc) is 3.02. The minimum atomic E-state index is -1.24. The van der Waals surface area contributed by atoms with Crippen LogP contribution in [0.2, 0.25) is 0 Å². The summed E-state index contributed by atoms with van der Waals surface area (Å²) in [6.45, 7) is 0.425. The Labute approximate surface area is 263 Å². The number of benzene rings is 2. The second-order valence-corrected chi connectivity index (χ2v) is 10.6. The Bertz CT molecular complexity index is 1780. The molecule has 2 aromatic carbocycles. The highest BCUT2D eigenvalue weighted by Crippen LogP contribution is 2.20. The van der Waals surface area contributed by atoms with Crippen LogP contribution in [0.15, 0.2) is 48.7 Å². The lowest BCUT2D eigenvalue weighted by Gasteiger charge is -2.19. The molecule has 2 aromatic heterocycles. The Hall–Kier alpha value is -6.06. The van der Waals surface area contributed by atoms with Gasteiger partial charge in [0.2, 0.25) is 5.95 Å². The predicted molar refractivity (Wildman–Crippen MR) is 171 cm³/mol. The van der Waals surface area contributed by atoms with Crippen LogP contribution in [0.5, 0.6) is 0 Å². The summed E-state index contributed by atoms with van der Waals surface area (Å²) < 4.78 is 0. The Morgan fingerprint density at radius 3 is 2.24 bits per heavy atom. The number of anilines is 4. The molecule has 0 spiro atoms. The molecule has 8 N–H and O–H groups in total. The predicted octanol–water partition coefficient (Wildman–Crippen LogP) is 1.38. The number of carbonyl (C=O) groups is 4. The zero-order chi connectivity index (χ0) is 33.5. The molecule has 0 unspecified atom stereocenters. The van der Waals surface area contributed by atoms with Crippen LogP contribution < -0.4 is 31.9 Å². The lowest BCUT2D eigenvalue weighted by Crippen LogP contribution is -2.41. The van der Waals surface area contributed by atoms with Crippen LogP contribution in [-0.2, 0) is 11.3 Å². The number of hydrogen-bond acceptors (Lipinski definition) is 12. The summed E-state index contributed by atoms with van der Waals surface area (Å²) >= 11 is 0. The molecule has 0 aliphatic rings. The number of nitrogens with zero attached hydrogens (tertiary/aromatic N) is 6. The number of carboxylic acid groups (broad SMARTS) is 2. The van der Waals surface area contributed by atoms with Crippen LogP contribution in [0, 0.1) is 0 Å². The van der Waals surface area contributed by atoms with Gasteiger partial charge in [-0.05, 0) is 55.3 Å². The number of nitrogen functional groups attached to an aromatic ring is 2. The number of nitrogens with one attached hydrogen (secondary N) is 2. The molecular weight excluding hydrogens is 596 g/mol. The monoisotopic (exact) mass is 630 g/mol. The van der Waals surface area contributed by atoms with Crippen molar-refractivity contribution in [2.24, 2.45) is 0 Å². The number of carboxylic acids is 2. The van der Waals surface area contributed by atoms with Gasteiger partial charge in [-0.2, -0.15) is 9.97 Å². The van der Waals surface area contributed by atoms with Gasteiger partial charge in [-0.25, -0.2) is 19.6 Å². The Balaban J connectivity index is 1.31. The van der Waals surface area contributed by atoms with Crippen molar-refractivity contribution in [2.75, 3.05) is 49.0 Å². The van der Waals surface area contributed by atoms with E-state index in [1.165, 1.54) is 12.1 Å². The molecule has 0 bridgehead atoms. The van der Waals surface area contributed by atoms with Gasteiger partial charge in [0.1, 0.15) is 6.04 Å². The van der Waals surface area contributed by atoms with Crippen molar-refractivity contribution >= 4 is 58.1 Å². The summed E-state index contributed by atoms with van der Waals surface area (Å²) in [5.74, 6) is -3.51. The first kappa shape index (κ1) is 32.8. The van der Waals surface area contributed by atoms with Crippen molar-refractivity contribution in [3.05, 3.63) is 71.0 Å². The molecule has 0 saturated carbocycles. The number of carbonyl (C=O) groups excluding carboxylic acids is 2. The number of amides is 2. The van der Waals surface area contributed by atoms with Crippen molar-refractivity contribution in [1.82, 2.24) is 30.6 Å². The highest BCUT2D eigenvalue weighted by molar-refractivity contribution is 6.05. The Morgan fingerprint density at radius 2 is 1.59 bits per heavy atom. The molecule has 0 radical (unpaired) electrons. The number of aromatic nitrogens is 4. The van der Waals surface area contributed by atoms with Gasteiger partial charge in [0.05, 0.1) is 29.6 Å². The van der Waals surface area contributed by atoms with Crippen LogP contribution in [0.3, 0.4) is 0 Å². The van der Waals surface area contributed by atoms with E-state index in [4.69, 9.17) is 11.5 Å². The number of nitrogens with two attached hydrogens (primary N) is 2. The third kappa shape index (κ3) is 7.90. The second-order valence-electron chi connectivity index (χ2n) is 10.6. The van der Waals surface area contributed by atoms with Crippen molar-refractivity contribution in [1.29, 1.82) is 0 Å². The zero-order valence-electron chi connectivity index (χ0n) is 25.4. The van der Waals surface area contributed by atoms with Crippen molar-refractivity contribution < 1.29 is 29.4 Å². The van der Waals surface area contributed by atoms with Gasteiger partial charge in [-0.3, -0.25) is 9.59 Å². The van der Waals surface area contributed by atoms with Crippen molar-refractivity contribution in [3.63, 3.8) is 0 Å². The van der Waals surface area contributed by atoms with E-state index < -0.39 is 29.8 Å². The molecule has 16 heteroatoms. The quantitative estimate of drug-likeness (QED) is 0.114. The van der Waals surface area contributed by atoms with Gasteiger partial charge in [0, 0.05) is 44.6 Å². The summed E-state index contributed by atoms with van der Waals surface area (Å²) in [5, 5.41) is 24.3. The first-order chi connectivity index (χ1) is 21.8. The molecule has 4 rings (SSSR count). The molecular formula is C30H34N10O6. The first-order valence-corrected chi connectivity index (χ1v) is 14.1. The Kier molecular flexibility index (Phi) is 10.1. The maximum atomic E-state index is 12.9. The lowest BCUT2D eigenvalue weighted by atomic mass is 10.0. The summed E-state index contributed by atoms with van der Waals surface area (Å²) in [6, 6.07) is 9.78. The summed E-state index contributed by atoms with van der Waals surface area (Å²) in [6.07, 6.45) is 1.80. The number of aromatic carboxylic acids is 1. The van der Waals surface area contributed by atoms with Crippen LogP contribution >= 0.6 is 0 Å². The maximum Gasteiger partial charge on any atom is 0.336 e.